The normalized spacial score (nSPS) is 12.7. The van der Waals surface area contributed by atoms with Crippen LogP contribution in [0.3, 0.4) is 0 Å². The topological polar surface area (TPSA) is 38.0 Å². The zero-order valence-corrected chi connectivity index (χ0v) is 10.8. The lowest BCUT2D eigenvalue weighted by Crippen LogP contribution is -2.05. The molecule has 0 bridgehead atoms. The van der Waals surface area contributed by atoms with Gasteiger partial charge in [0.25, 0.3) is 0 Å². The van der Waals surface area contributed by atoms with Gasteiger partial charge in [0.15, 0.2) is 0 Å². The molecule has 0 aliphatic heterocycles. The molecule has 0 saturated carbocycles. The predicted molar refractivity (Wildman–Crippen MR) is 67.8 cm³/mol. The van der Waals surface area contributed by atoms with Crippen LogP contribution >= 0.6 is 0 Å². The van der Waals surface area contributed by atoms with Gasteiger partial charge >= 0.3 is 0 Å². The van der Waals surface area contributed by atoms with Gasteiger partial charge in [0.2, 0.25) is 0 Å². The molecule has 2 aromatic rings. The summed E-state index contributed by atoms with van der Waals surface area (Å²) in [6, 6.07) is 6.47. The summed E-state index contributed by atoms with van der Waals surface area (Å²) in [4.78, 5) is 0. The van der Waals surface area contributed by atoms with E-state index in [-0.39, 0.29) is 5.82 Å². The summed E-state index contributed by atoms with van der Waals surface area (Å²) >= 11 is 0. The number of halogens is 1. The number of benzene rings is 1. The highest BCUT2D eigenvalue weighted by molar-refractivity contribution is 5.27. The number of aryl methyl sites for hydroxylation is 1. The third-order valence-electron chi connectivity index (χ3n) is 3.08. The number of rotatable bonds is 3. The van der Waals surface area contributed by atoms with Crippen LogP contribution in [-0.2, 0) is 6.54 Å². The first kappa shape index (κ1) is 12.8. The molecule has 0 amide bonds. The van der Waals surface area contributed by atoms with Crippen molar-refractivity contribution in [2.45, 2.75) is 33.4 Å². The fourth-order valence-electron chi connectivity index (χ4n) is 2.28. The van der Waals surface area contributed by atoms with Crippen LogP contribution in [0.25, 0.3) is 0 Å². The van der Waals surface area contributed by atoms with Crippen LogP contribution in [0.4, 0.5) is 4.39 Å². The van der Waals surface area contributed by atoms with Crippen molar-refractivity contribution in [1.29, 1.82) is 0 Å². The van der Waals surface area contributed by atoms with E-state index in [0.29, 0.717) is 6.54 Å². The van der Waals surface area contributed by atoms with Crippen molar-refractivity contribution in [2.24, 2.45) is 0 Å². The van der Waals surface area contributed by atoms with Gasteiger partial charge in [-0.25, -0.2) is 4.39 Å². The van der Waals surface area contributed by atoms with E-state index in [1.54, 1.807) is 17.7 Å². The number of hydrogen-bond acceptors (Lipinski definition) is 2. The Morgan fingerprint density at radius 1 is 1.39 bits per heavy atom. The zero-order chi connectivity index (χ0) is 13.3. The lowest BCUT2D eigenvalue weighted by molar-refractivity contribution is 0.197. The molecule has 3 nitrogen and oxygen atoms in total. The summed E-state index contributed by atoms with van der Waals surface area (Å²) in [7, 11) is 0. The first-order valence-electron chi connectivity index (χ1n) is 5.95. The molecular formula is C14H17FN2O. The second kappa shape index (κ2) is 4.90. The molecule has 18 heavy (non-hydrogen) atoms. The predicted octanol–water partition coefficient (Wildman–Crippen LogP) is 2.74. The average molecular weight is 248 g/mol. The molecule has 1 heterocycles. The SMILES string of the molecule is Cc1nn(Cc2cccc(F)c2)c(C)c1C(C)O. The number of aliphatic hydroxyl groups is 1. The highest BCUT2D eigenvalue weighted by Gasteiger charge is 2.15. The maximum Gasteiger partial charge on any atom is 0.123 e. The second-order valence-corrected chi connectivity index (χ2v) is 4.55. The maximum absolute atomic E-state index is 13.1. The third kappa shape index (κ3) is 2.43. The number of hydrogen-bond donors (Lipinski definition) is 1. The van der Waals surface area contributed by atoms with Crippen molar-refractivity contribution in [2.75, 3.05) is 0 Å². The van der Waals surface area contributed by atoms with Gasteiger partial charge in [0.05, 0.1) is 18.3 Å². The van der Waals surface area contributed by atoms with Gasteiger partial charge in [-0.15, -0.1) is 0 Å². The molecule has 1 aromatic carbocycles. The van der Waals surface area contributed by atoms with Crippen molar-refractivity contribution in [3.05, 3.63) is 52.6 Å². The van der Waals surface area contributed by atoms with E-state index < -0.39 is 6.10 Å². The van der Waals surface area contributed by atoms with E-state index >= 15 is 0 Å². The van der Waals surface area contributed by atoms with Crippen LogP contribution in [0.2, 0.25) is 0 Å². The second-order valence-electron chi connectivity index (χ2n) is 4.55. The molecular weight excluding hydrogens is 231 g/mol. The standard InChI is InChI=1S/C14H17FN2O/c1-9-14(11(3)18)10(2)17(16-9)8-12-5-4-6-13(15)7-12/h4-7,11,18H,8H2,1-3H3. The molecule has 0 fully saturated rings. The number of aromatic nitrogens is 2. The largest absolute Gasteiger partial charge is 0.389 e. The molecule has 1 N–H and O–H groups in total. The van der Waals surface area contributed by atoms with Crippen LogP contribution < -0.4 is 0 Å². The minimum absolute atomic E-state index is 0.246. The minimum atomic E-state index is -0.536. The van der Waals surface area contributed by atoms with E-state index in [1.165, 1.54) is 12.1 Å². The Morgan fingerprint density at radius 3 is 2.67 bits per heavy atom. The van der Waals surface area contributed by atoms with Crippen LogP contribution in [-0.4, -0.2) is 14.9 Å². The summed E-state index contributed by atoms with van der Waals surface area (Å²) in [6.45, 7) is 6.03. The summed E-state index contributed by atoms with van der Waals surface area (Å²) in [5.41, 5.74) is 3.45. The fraction of sp³-hybridized carbons (Fsp3) is 0.357. The van der Waals surface area contributed by atoms with Gasteiger partial charge in [0, 0.05) is 11.3 Å². The van der Waals surface area contributed by atoms with Gasteiger partial charge in [0.1, 0.15) is 5.82 Å². The Kier molecular flexibility index (Phi) is 3.48. The zero-order valence-electron chi connectivity index (χ0n) is 10.8. The first-order chi connectivity index (χ1) is 8.49. The maximum atomic E-state index is 13.1. The van der Waals surface area contributed by atoms with Crippen LogP contribution in [0.15, 0.2) is 24.3 Å². The average Bonchev–Trinajstić information content (AvgIpc) is 2.54. The number of aliphatic hydroxyl groups excluding tert-OH is 1. The summed E-state index contributed by atoms with van der Waals surface area (Å²) in [6.07, 6.45) is -0.536. The van der Waals surface area contributed by atoms with Gasteiger partial charge in [-0.05, 0) is 38.5 Å². The molecule has 0 spiro atoms. The Morgan fingerprint density at radius 2 is 2.11 bits per heavy atom. The van der Waals surface area contributed by atoms with Crippen LogP contribution in [0, 0.1) is 19.7 Å². The smallest absolute Gasteiger partial charge is 0.123 e. The molecule has 1 aromatic heterocycles. The molecule has 0 aliphatic carbocycles. The van der Waals surface area contributed by atoms with Gasteiger partial charge in [-0.2, -0.15) is 5.10 Å². The van der Waals surface area contributed by atoms with Crippen molar-refractivity contribution in [3.8, 4) is 0 Å². The van der Waals surface area contributed by atoms with E-state index in [2.05, 4.69) is 5.10 Å². The molecule has 1 atom stereocenters. The Balaban J connectivity index is 2.33. The van der Waals surface area contributed by atoms with Gasteiger partial charge in [-0.3, -0.25) is 4.68 Å². The highest BCUT2D eigenvalue weighted by Crippen LogP contribution is 2.21. The molecule has 4 heteroatoms. The van der Waals surface area contributed by atoms with Crippen molar-refractivity contribution in [3.63, 3.8) is 0 Å². The van der Waals surface area contributed by atoms with Crippen molar-refractivity contribution < 1.29 is 9.50 Å². The Hall–Kier alpha value is -1.68. The number of nitrogens with zero attached hydrogens (tertiary/aromatic N) is 2. The van der Waals surface area contributed by atoms with Gasteiger partial charge in [-0.1, -0.05) is 12.1 Å². The molecule has 0 aliphatic rings. The fourth-order valence-corrected chi connectivity index (χ4v) is 2.28. The quantitative estimate of drug-likeness (QED) is 0.907. The van der Waals surface area contributed by atoms with E-state index in [1.807, 2.05) is 19.9 Å². The monoisotopic (exact) mass is 248 g/mol. The Labute approximate surface area is 106 Å². The van der Waals surface area contributed by atoms with E-state index in [9.17, 15) is 9.50 Å². The third-order valence-corrected chi connectivity index (χ3v) is 3.08. The molecule has 96 valence electrons. The van der Waals surface area contributed by atoms with E-state index in [4.69, 9.17) is 0 Å². The van der Waals surface area contributed by atoms with Crippen LogP contribution in [0.1, 0.15) is 35.5 Å². The van der Waals surface area contributed by atoms with E-state index in [0.717, 1.165) is 22.5 Å². The molecule has 0 radical (unpaired) electrons. The summed E-state index contributed by atoms with van der Waals surface area (Å²) < 4.78 is 14.9. The Bertz CT molecular complexity index is 561. The summed E-state index contributed by atoms with van der Waals surface area (Å²) in [5.74, 6) is -0.246. The van der Waals surface area contributed by atoms with Crippen LogP contribution in [0.5, 0.6) is 0 Å². The molecule has 1 unspecified atom stereocenters. The molecule has 2 rings (SSSR count). The first-order valence-corrected chi connectivity index (χ1v) is 5.95. The van der Waals surface area contributed by atoms with Crippen molar-refractivity contribution >= 4 is 0 Å². The minimum Gasteiger partial charge on any atom is -0.389 e. The van der Waals surface area contributed by atoms with Gasteiger partial charge < -0.3 is 5.11 Å². The lowest BCUT2D eigenvalue weighted by Gasteiger charge is -2.07. The highest BCUT2D eigenvalue weighted by atomic mass is 19.1. The lowest BCUT2D eigenvalue weighted by atomic mass is 10.1. The van der Waals surface area contributed by atoms with Crippen molar-refractivity contribution in [1.82, 2.24) is 9.78 Å². The molecule has 0 saturated heterocycles. The summed E-state index contributed by atoms with van der Waals surface area (Å²) in [5, 5.41) is 14.1.